The molecule has 2 rings (SSSR count). The van der Waals surface area contributed by atoms with E-state index in [2.05, 4.69) is 17.0 Å². The fourth-order valence-corrected chi connectivity index (χ4v) is 3.24. The van der Waals surface area contributed by atoms with E-state index < -0.39 is 10.0 Å². The molecule has 1 aliphatic rings. The zero-order valence-electron chi connectivity index (χ0n) is 11.8. The molecular weight excluding hydrogens is 279 g/mol. The van der Waals surface area contributed by atoms with Crippen molar-refractivity contribution >= 4 is 10.0 Å². The van der Waals surface area contributed by atoms with Gasteiger partial charge >= 0.3 is 0 Å². The normalized spacial score (nSPS) is 21.9. The Morgan fingerprint density at radius 2 is 2.10 bits per heavy atom. The molecule has 6 heteroatoms. The highest BCUT2D eigenvalue weighted by atomic mass is 32.2. The number of sulfonamides is 1. The minimum atomic E-state index is -3.55. The molecule has 4 nitrogen and oxygen atoms in total. The molecule has 2 N–H and O–H groups in total. The van der Waals surface area contributed by atoms with Crippen LogP contribution in [0.5, 0.6) is 0 Å². The fraction of sp³-hybridized carbons (Fsp3) is 0.571. The van der Waals surface area contributed by atoms with Crippen molar-refractivity contribution in [2.75, 3.05) is 13.1 Å². The molecule has 0 aromatic heterocycles. The highest BCUT2D eigenvalue weighted by Gasteiger charge is 2.33. The quantitative estimate of drug-likeness (QED) is 0.808. The Morgan fingerprint density at radius 1 is 1.40 bits per heavy atom. The van der Waals surface area contributed by atoms with Crippen LogP contribution in [-0.4, -0.2) is 21.5 Å². The molecule has 1 aromatic rings. The number of halogens is 1. The molecule has 0 bridgehead atoms. The van der Waals surface area contributed by atoms with Crippen molar-refractivity contribution in [3.05, 3.63) is 29.6 Å². The monoisotopic (exact) mass is 300 g/mol. The number of nitrogens with one attached hydrogen (secondary N) is 2. The summed E-state index contributed by atoms with van der Waals surface area (Å²) in [4.78, 5) is 0.125. The SMILES string of the molecule is CCNCc1cc(S(=O)(=O)NCC2CC2C)ccc1F. The van der Waals surface area contributed by atoms with Crippen molar-refractivity contribution < 1.29 is 12.8 Å². The number of hydrogen-bond acceptors (Lipinski definition) is 3. The third-order valence-corrected chi connectivity index (χ3v) is 5.13. The molecule has 1 saturated carbocycles. The number of hydrogen-bond donors (Lipinski definition) is 2. The van der Waals surface area contributed by atoms with Gasteiger partial charge in [0, 0.05) is 18.7 Å². The topological polar surface area (TPSA) is 58.2 Å². The van der Waals surface area contributed by atoms with Gasteiger partial charge in [0.1, 0.15) is 5.82 Å². The molecule has 0 spiro atoms. The zero-order chi connectivity index (χ0) is 14.8. The van der Waals surface area contributed by atoms with Gasteiger partial charge in [-0.15, -0.1) is 0 Å². The van der Waals surface area contributed by atoms with E-state index in [1.165, 1.54) is 18.2 Å². The third kappa shape index (κ3) is 3.77. The lowest BCUT2D eigenvalue weighted by Gasteiger charge is -2.09. The molecule has 1 fully saturated rings. The van der Waals surface area contributed by atoms with Gasteiger partial charge in [-0.05, 0) is 43.0 Å². The first kappa shape index (κ1) is 15.4. The van der Waals surface area contributed by atoms with Gasteiger partial charge in [-0.25, -0.2) is 17.5 Å². The van der Waals surface area contributed by atoms with Crippen molar-refractivity contribution in [1.29, 1.82) is 0 Å². The first-order valence-corrected chi connectivity index (χ1v) is 8.41. The van der Waals surface area contributed by atoms with Crippen LogP contribution in [0.25, 0.3) is 0 Å². The summed E-state index contributed by atoms with van der Waals surface area (Å²) in [5, 5.41) is 2.99. The molecule has 2 unspecified atom stereocenters. The van der Waals surface area contributed by atoms with Gasteiger partial charge in [0.25, 0.3) is 0 Å². The van der Waals surface area contributed by atoms with E-state index in [-0.39, 0.29) is 10.7 Å². The molecule has 0 radical (unpaired) electrons. The van der Waals surface area contributed by atoms with Crippen LogP contribution >= 0.6 is 0 Å². The summed E-state index contributed by atoms with van der Waals surface area (Å²) in [5.74, 6) is 0.641. The van der Waals surface area contributed by atoms with Crippen LogP contribution < -0.4 is 10.0 Å². The molecule has 1 aromatic carbocycles. The Balaban J connectivity index is 2.09. The smallest absolute Gasteiger partial charge is 0.240 e. The van der Waals surface area contributed by atoms with Gasteiger partial charge in [-0.1, -0.05) is 13.8 Å². The van der Waals surface area contributed by atoms with Crippen molar-refractivity contribution in [3.63, 3.8) is 0 Å². The van der Waals surface area contributed by atoms with Crippen LogP contribution in [0.4, 0.5) is 4.39 Å². The molecule has 0 saturated heterocycles. The Kier molecular flexibility index (Phi) is 4.78. The van der Waals surface area contributed by atoms with Gasteiger partial charge in [0.05, 0.1) is 4.90 Å². The second kappa shape index (κ2) is 6.20. The molecule has 1 aliphatic carbocycles. The standard InChI is InChI=1S/C14H21FN2O2S/c1-3-16-8-12-7-13(4-5-14(12)15)20(18,19)17-9-11-6-10(11)2/h4-5,7,10-11,16-17H,3,6,8-9H2,1-2H3. The van der Waals surface area contributed by atoms with E-state index in [1.807, 2.05) is 6.92 Å². The summed E-state index contributed by atoms with van der Waals surface area (Å²) >= 11 is 0. The third-order valence-electron chi connectivity index (χ3n) is 3.70. The summed E-state index contributed by atoms with van der Waals surface area (Å²) in [6.07, 6.45) is 1.07. The Hall–Kier alpha value is -0.980. The van der Waals surface area contributed by atoms with Gasteiger partial charge < -0.3 is 5.32 Å². The van der Waals surface area contributed by atoms with Crippen LogP contribution in [0, 0.1) is 17.7 Å². The second-order valence-corrected chi connectivity index (χ2v) is 7.13. The van der Waals surface area contributed by atoms with E-state index in [4.69, 9.17) is 0 Å². The summed E-state index contributed by atoms with van der Waals surface area (Å²) in [6.45, 7) is 5.51. The van der Waals surface area contributed by atoms with Crippen LogP contribution in [0.15, 0.2) is 23.1 Å². The zero-order valence-corrected chi connectivity index (χ0v) is 12.6. The van der Waals surface area contributed by atoms with E-state index in [1.54, 1.807) is 0 Å². The van der Waals surface area contributed by atoms with E-state index in [0.29, 0.717) is 37.0 Å². The maximum atomic E-state index is 13.6. The van der Waals surface area contributed by atoms with Crippen molar-refractivity contribution in [1.82, 2.24) is 10.0 Å². The predicted octanol–water partition coefficient (Wildman–Crippen LogP) is 1.87. The van der Waals surface area contributed by atoms with Crippen molar-refractivity contribution in [3.8, 4) is 0 Å². The summed E-state index contributed by atoms with van der Waals surface area (Å²) in [5.41, 5.74) is 0.370. The van der Waals surface area contributed by atoms with Crippen LogP contribution in [0.1, 0.15) is 25.8 Å². The number of rotatable bonds is 7. The average Bonchev–Trinajstić information content (AvgIpc) is 3.11. The Labute approximate surface area is 119 Å². The van der Waals surface area contributed by atoms with Gasteiger partial charge in [-0.2, -0.15) is 0 Å². The maximum Gasteiger partial charge on any atom is 0.240 e. The van der Waals surface area contributed by atoms with Crippen LogP contribution in [-0.2, 0) is 16.6 Å². The molecule has 2 atom stereocenters. The highest BCUT2D eigenvalue weighted by molar-refractivity contribution is 7.89. The molecule has 20 heavy (non-hydrogen) atoms. The highest BCUT2D eigenvalue weighted by Crippen LogP contribution is 2.37. The molecule has 112 valence electrons. The summed E-state index contributed by atoms with van der Waals surface area (Å²) < 4.78 is 40.5. The second-order valence-electron chi connectivity index (χ2n) is 5.36. The molecular formula is C14H21FN2O2S. The van der Waals surface area contributed by atoms with E-state index in [0.717, 1.165) is 6.42 Å². The van der Waals surface area contributed by atoms with E-state index in [9.17, 15) is 12.8 Å². The van der Waals surface area contributed by atoms with Crippen LogP contribution in [0.3, 0.4) is 0 Å². The van der Waals surface area contributed by atoms with Gasteiger partial charge in [-0.3, -0.25) is 0 Å². The molecule has 0 aliphatic heterocycles. The Bertz CT molecular complexity index is 575. The lowest BCUT2D eigenvalue weighted by atomic mass is 10.2. The lowest BCUT2D eigenvalue weighted by molar-refractivity contribution is 0.571. The minimum Gasteiger partial charge on any atom is -0.313 e. The van der Waals surface area contributed by atoms with Crippen molar-refractivity contribution in [2.45, 2.75) is 31.7 Å². The maximum absolute atomic E-state index is 13.6. The average molecular weight is 300 g/mol. The van der Waals surface area contributed by atoms with Crippen LogP contribution in [0.2, 0.25) is 0 Å². The van der Waals surface area contributed by atoms with Crippen molar-refractivity contribution in [2.24, 2.45) is 11.8 Å². The largest absolute Gasteiger partial charge is 0.313 e. The first-order chi connectivity index (χ1) is 9.44. The molecule has 0 amide bonds. The summed E-state index contributed by atoms with van der Waals surface area (Å²) in [7, 11) is -3.55. The van der Waals surface area contributed by atoms with Gasteiger partial charge in [0.2, 0.25) is 10.0 Å². The first-order valence-electron chi connectivity index (χ1n) is 6.93. The predicted molar refractivity (Wildman–Crippen MR) is 76.2 cm³/mol. The summed E-state index contributed by atoms with van der Waals surface area (Å²) in [6, 6.07) is 3.92. The Morgan fingerprint density at radius 3 is 2.70 bits per heavy atom. The minimum absolute atomic E-state index is 0.125. The molecule has 0 heterocycles. The van der Waals surface area contributed by atoms with Gasteiger partial charge in [0.15, 0.2) is 0 Å². The van der Waals surface area contributed by atoms with E-state index >= 15 is 0 Å². The fourth-order valence-electron chi connectivity index (χ4n) is 2.10. The number of benzene rings is 1. The lowest BCUT2D eigenvalue weighted by Crippen LogP contribution is -2.26.